The Morgan fingerprint density at radius 2 is 1.58 bits per heavy atom. The van der Waals surface area contributed by atoms with Crippen molar-refractivity contribution in [3.8, 4) is 0 Å². The van der Waals surface area contributed by atoms with E-state index in [0.717, 1.165) is 20.7 Å². The molecule has 1 heterocycles. The van der Waals surface area contributed by atoms with Crippen molar-refractivity contribution in [2.75, 3.05) is 16.4 Å². The Morgan fingerprint density at radius 3 is 2.23 bits per heavy atom. The monoisotopic (exact) mass is 446 g/mol. The van der Waals surface area contributed by atoms with Gasteiger partial charge in [-0.3, -0.25) is 9.59 Å². The Morgan fingerprint density at radius 1 is 0.923 bits per heavy atom. The third-order valence-corrected chi connectivity index (χ3v) is 5.76. The van der Waals surface area contributed by atoms with Crippen LogP contribution >= 0.6 is 39.0 Å². The Bertz CT molecular complexity index is 879. The fourth-order valence-electron chi connectivity index (χ4n) is 2.11. The molecule has 2 aromatic carbocycles. The van der Waals surface area contributed by atoms with Crippen LogP contribution in [-0.2, 0) is 4.79 Å². The quantitative estimate of drug-likeness (QED) is 0.491. The highest BCUT2D eigenvalue weighted by Gasteiger charge is 2.07. The van der Waals surface area contributed by atoms with E-state index in [-0.39, 0.29) is 11.8 Å². The number of hydrogen-bond acceptors (Lipinski definition) is 4. The molecule has 0 bridgehead atoms. The molecule has 1 aromatic heterocycles. The van der Waals surface area contributed by atoms with E-state index in [1.807, 2.05) is 60.0 Å². The van der Waals surface area contributed by atoms with Crippen LogP contribution in [0.25, 0.3) is 0 Å². The predicted molar refractivity (Wildman–Crippen MR) is 112 cm³/mol. The van der Waals surface area contributed by atoms with Crippen LogP contribution in [0.1, 0.15) is 9.67 Å². The summed E-state index contributed by atoms with van der Waals surface area (Å²) >= 11 is 6.21. The molecule has 0 saturated heterocycles. The molecule has 2 N–H and O–H groups in total. The zero-order chi connectivity index (χ0) is 18.4. The smallest absolute Gasteiger partial charge is 0.265 e. The summed E-state index contributed by atoms with van der Waals surface area (Å²) < 4.78 is 0.969. The van der Waals surface area contributed by atoms with Crippen molar-refractivity contribution < 1.29 is 9.59 Å². The summed E-state index contributed by atoms with van der Waals surface area (Å²) in [6.45, 7) is 0. The molecule has 0 radical (unpaired) electrons. The first kappa shape index (κ1) is 18.7. The summed E-state index contributed by atoms with van der Waals surface area (Å²) in [5.41, 5.74) is 1.50. The first-order valence-electron chi connectivity index (χ1n) is 7.73. The lowest BCUT2D eigenvalue weighted by Gasteiger charge is -2.07. The number of halogens is 1. The van der Waals surface area contributed by atoms with Gasteiger partial charge in [0.2, 0.25) is 5.91 Å². The number of anilines is 2. The Kier molecular flexibility index (Phi) is 6.49. The molecule has 26 heavy (non-hydrogen) atoms. The van der Waals surface area contributed by atoms with E-state index in [2.05, 4.69) is 26.6 Å². The van der Waals surface area contributed by atoms with Crippen molar-refractivity contribution in [2.24, 2.45) is 0 Å². The van der Waals surface area contributed by atoms with Crippen LogP contribution in [0.5, 0.6) is 0 Å². The van der Waals surface area contributed by atoms with Gasteiger partial charge < -0.3 is 10.6 Å². The van der Waals surface area contributed by atoms with Crippen LogP contribution in [0.15, 0.2) is 75.4 Å². The number of benzene rings is 2. The van der Waals surface area contributed by atoms with E-state index in [1.54, 1.807) is 6.07 Å². The molecule has 0 aliphatic heterocycles. The molecule has 0 atom stereocenters. The first-order valence-corrected chi connectivity index (χ1v) is 10.4. The van der Waals surface area contributed by atoms with Gasteiger partial charge in [-0.05, 0) is 60.0 Å². The maximum absolute atomic E-state index is 12.0. The van der Waals surface area contributed by atoms with Gasteiger partial charge in [0.25, 0.3) is 5.91 Å². The summed E-state index contributed by atoms with van der Waals surface area (Å²) in [6, 6.07) is 18.5. The number of thioether (sulfide) groups is 1. The zero-order valence-electron chi connectivity index (χ0n) is 13.6. The van der Waals surface area contributed by atoms with E-state index in [0.29, 0.717) is 10.6 Å². The van der Waals surface area contributed by atoms with E-state index in [4.69, 9.17) is 0 Å². The predicted octanol–water partition coefficient (Wildman–Crippen LogP) is 5.49. The highest BCUT2D eigenvalue weighted by molar-refractivity contribution is 9.10. The fraction of sp³-hybridized carbons (Fsp3) is 0.0526. The molecule has 2 amide bonds. The van der Waals surface area contributed by atoms with Gasteiger partial charge in [0.15, 0.2) is 0 Å². The number of thiophene rings is 1. The Hall–Kier alpha value is -2.09. The number of carbonyl (C=O) groups excluding carboxylic acids is 2. The average Bonchev–Trinajstić information content (AvgIpc) is 3.18. The van der Waals surface area contributed by atoms with Gasteiger partial charge in [0.1, 0.15) is 0 Å². The van der Waals surface area contributed by atoms with Crippen LogP contribution in [0, 0.1) is 0 Å². The fourth-order valence-corrected chi connectivity index (χ4v) is 3.70. The molecular weight excluding hydrogens is 432 g/mol. The van der Waals surface area contributed by atoms with Gasteiger partial charge in [-0.1, -0.05) is 22.0 Å². The van der Waals surface area contributed by atoms with Crippen molar-refractivity contribution in [1.29, 1.82) is 0 Å². The second-order valence-corrected chi connectivity index (χ2v) is 8.21. The summed E-state index contributed by atoms with van der Waals surface area (Å²) in [6.07, 6.45) is 0. The van der Waals surface area contributed by atoms with E-state index in [1.165, 1.54) is 23.1 Å². The molecular formula is C19H15BrN2O2S2. The second-order valence-electron chi connectivity index (χ2n) is 5.30. The Labute approximate surface area is 168 Å². The molecule has 3 aromatic rings. The lowest BCUT2D eigenvalue weighted by molar-refractivity contribution is -0.113. The summed E-state index contributed by atoms with van der Waals surface area (Å²) in [5, 5.41) is 7.58. The van der Waals surface area contributed by atoms with Crippen LogP contribution in [0.3, 0.4) is 0 Å². The van der Waals surface area contributed by atoms with Crippen LogP contribution < -0.4 is 10.6 Å². The SMILES string of the molecule is O=C(CSc1ccc(NC(=O)c2cccs2)cc1)Nc1ccc(Br)cc1. The van der Waals surface area contributed by atoms with Gasteiger partial charge in [0, 0.05) is 20.7 Å². The lowest BCUT2D eigenvalue weighted by atomic mass is 10.3. The van der Waals surface area contributed by atoms with Crippen LogP contribution in [-0.4, -0.2) is 17.6 Å². The largest absolute Gasteiger partial charge is 0.325 e. The lowest BCUT2D eigenvalue weighted by Crippen LogP contribution is -2.13. The minimum Gasteiger partial charge on any atom is -0.325 e. The molecule has 3 rings (SSSR count). The second kappa shape index (κ2) is 9.02. The maximum Gasteiger partial charge on any atom is 0.265 e. The number of rotatable bonds is 6. The van der Waals surface area contributed by atoms with Crippen molar-refractivity contribution in [3.63, 3.8) is 0 Å². The van der Waals surface area contributed by atoms with E-state index < -0.39 is 0 Å². The van der Waals surface area contributed by atoms with Gasteiger partial charge in [-0.2, -0.15) is 0 Å². The summed E-state index contributed by atoms with van der Waals surface area (Å²) in [4.78, 5) is 25.7. The first-order chi connectivity index (χ1) is 12.6. The minimum absolute atomic E-state index is 0.0626. The number of amides is 2. The highest BCUT2D eigenvalue weighted by atomic mass is 79.9. The summed E-state index contributed by atoms with van der Waals surface area (Å²) in [5.74, 6) is 0.137. The van der Waals surface area contributed by atoms with E-state index >= 15 is 0 Å². The van der Waals surface area contributed by atoms with Crippen molar-refractivity contribution >= 4 is 62.2 Å². The zero-order valence-corrected chi connectivity index (χ0v) is 16.8. The van der Waals surface area contributed by atoms with Gasteiger partial charge >= 0.3 is 0 Å². The molecule has 0 aliphatic carbocycles. The van der Waals surface area contributed by atoms with E-state index in [9.17, 15) is 9.59 Å². The van der Waals surface area contributed by atoms with Gasteiger partial charge in [-0.15, -0.1) is 23.1 Å². The molecule has 0 saturated carbocycles. The topological polar surface area (TPSA) is 58.2 Å². The van der Waals surface area contributed by atoms with Gasteiger partial charge in [0.05, 0.1) is 10.6 Å². The molecule has 0 unspecified atom stereocenters. The van der Waals surface area contributed by atoms with Crippen LogP contribution in [0.4, 0.5) is 11.4 Å². The maximum atomic E-state index is 12.0. The van der Waals surface area contributed by atoms with Crippen molar-refractivity contribution in [3.05, 3.63) is 75.4 Å². The summed E-state index contributed by atoms with van der Waals surface area (Å²) in [7, 11) is 0. The molecule has 132 valence electrons. The number of hydrogen-bond donors (Lipinski definition) is 2. The molecule has 0 aliphatic rings. The van der Waals surface area contributed by atoms with Gasteiger partial charge in [-0.25, -0.2) is 0 Å². The highest BCUT2D eigenvalue weighted by Crippen LogP contribution is 2.22. The third-order valence-electron chi connectivity index (χ3n) is 3.36. The van der Waals surface area contributed by atoms with Crippen molar-refractivity contribution in [2.45, 2.75) is 4.90 Å². The molecule has 4 nitrogen and oxygen atoms in total. The average molecular weight is 447 g/mol. The molecule has 0 spiro atoms. The van der Waals surface area contributed by atoms with Crippen molar-refractivity contribution in [1.82, 2.24) is 0 Å². The third kappa shape index (κ3) is 5.45. The number of nitrogens with one attached hydrogen (secondary N) is 2. The minimum atomic E-state index is -0.116. The molecule has 7 heteroatoms. The normalized spacial score (nSPS) is 10.3. The Balaban J connectivity index is 1.48. The molecule has 0 fully saturated rings. The number of carbonyl (C=O) groups is 2. The standard InChI is InChI=1S/C19H15BrN2O2S2/c20-13-3-5-14(6-4-13)21-18(23)12-26-16-9-7-15(8-10-16)22-19(24)17-2-1-11-25-17/h1-11H,12H2,(H,21,23)(H,22,24). The van der Waals surface area contributed by atoms with Crippen LogP contribution in [0.2, 0.25) is 0 Å².